The molecule has 8 nitrogen and oxygen atoms in total. The molecule has 3 unspecified atom stereocenters. The highest BCUT2D eigenvalue weighted by Gasteiger charge is 2.24. The summed E-state index contributed by atoms with van der Waals surface area (Å²) in [7, 11) is 1.29. The predicted octanol–water partition coefficient (Wildman–Crippen LogP) is 21.4. The molecule has 0 aliphatic rings. The first-order chi connectivity index (χ1) is 40.5. The number of hydrogen-bond donors (Lipinski definition) is 2. The number of rotatable bonds is 62. The van der Waals surface area contributed by atoms with E-state index in [1.54, 1.807) is 0 Å². The molecular formula is C74H131N2O6P. The summed E-state index contributed by atoms with van der Waals surface area (Å²) in [6, 6.07) is -0.815. The minimum atomic E-state index is -4.59. The number of likely N-dealkylation sites (N-methyl/N-ethyl adjacent to an activating group) is 1. The van der Waals surface area contributed by atoms with Gasteiger partial charge in [0, 0.05) is 6.42 Å². The van der Waals surface area contributed by atoms with Gasteiger partial charge in [0.2, 0.25) is 5.91 Å². The number of aliphatic hydroxyl groups excluding tert-OH is 1. The summed E-state index contributed by atoms with van der Waals surface area (Å²) in [5, 5.41) is 14.1. The molecule has 83 heavy (non-hydrogen) atoms. The molecule has 0 bridgehead atoms. The van der Waals surface area contributed by atoms with E-state index in [4.69, 9.17) is 9.05 Å². The Hall–Kier alpha value is -3.10. The molecule has 0 fully saturated rings. The Kier molecular flexibility index (Phi) is 61.0. The molecule has 0 aromatic carbocycles. The minimum absolute atomic E-state index is 0.00544. The number of amides is 1. The third-order valence-corrected chi connectivity index (χ3v) is 15.9. The van der Waals surface area contributed by atoms with Gasteiger partial charge in [-0.1, -0.05) is 315 Å². The number of carbonyl (C=O) groups excluding carboxylic acids is 1. The lowest BCUT2D eigenvalue weighted by Gasteiger charge is -2.30. The molecule has 2 N–H and O–H groups in total. The van der Waals surface area contributed by atoms with Crippen molar-refractivity contribution >= 4 is 13.7 Å². The highest BCUT2D eigenvalue weighted by atomic mass is 31.2. The van der Waals surface area contributed by atoms with Crippen LogP contribution in [0, 0.1) is 0 Å². The lowest BCUT2D eigenvalue weighted by molar-refractivity contribution is -0.870. The van der Waals surface area contributed by atoms with E-state index < -0.39 is 20.0 Å². The Balaban J connectivity index is 4.12. The van der Waals surface area contributed by atoms with Crippen LogP contribution in [0.4, 0.5) is 0 Å². The zero-order valence-corrected chi connectivity index (χ0v) is 55.5. The second-order valence-corrected chi connectivity index (χ2v) is 25.6. The molecule has 0 aliphatic heterocycles. The van der Waals surface area contributed by atoms with E-state index in [0.29, 0.717) is 23.9 Å². The van der Waals surface area contributed by atoms with Crippen LogP contribution in [-0.4, -0.2) is 68.5 Å². The highest BCUT2D eigenvalue weighted by Crippen LogP contribution is 2.38. The Morgan fingerprint density at radius 2 is 0.735 bits per heavy atom. The SMILES string of the molecule is CC/C=C\C/C=C\C/C=C\C/C=C\C/C=C\C/C=C\C/C=C\C/C=C\C/C=C\C/C=C\CCCCCCCCCCC(=O)NC(COP(=O)([O-])OCC[N+](C)(C)C)C(O)CCCCCCCCCCCCCCCCCCCCCCCC. The molecule has 0 saturated carbocycles. The fourth-order valence-electron chi connectivity index (χ4n) is 9.66. The highest BCUT2D eigenvalue weighted by molar-refractivity contribution is 7.45. The lowest BCUT2D eigenvalue weighted by Crippen LogP contribution is -2.46. The van der Waals surface area contributed by atoms with E-state index >= 15 is 0 Å². The summed E-state index contributed by atoms with van der Waals surface area (Å²) in [4.78, 5) is 25.6. The van der Waals surface area contributed by atoms with Gasteiger partial charge in [0.25, 0.3) is 7.82 Å². The Bertz CT molecular complexity index is 1770. The molecule has 0 aliphatic carbocycles. The van der Waals surface area contributed by atoms with Crippen molar-refractivity contribution in [3.8, 4) is 0 Å². The monoisotopic (exact) mass is 1170 g/mol. The van der Waals surface area contributed by atoms with E-state index in [1.807, 2.05) is 21.1 Å². The van der Waals surface area contributed by atoms with Gasteiger partial charge >= 0.3 is 0 Å². The topological polar surface area (TPSA) is 108 Å². The van der Waals surface area contributed by atoms with Crippen LogP contribution in [-0.2, 0) is 18.4 Å². The third-order valence-electron chi connectivity index (χ3n) is 15.0. The maximum absolute atomic E-state index is 13.0. The summed E-state index contributed by atoms with van der Waals surface area (Å²) in [5.74, 6) is -0.175. The third kappa shape index (κ3) is 66.3. The van der Waals surface area contributed by atoms with E-state index in [0.717, 1.165) is 109 Å². The summed E-state index contributed by atoms with van der Waals surface area (Å²) in [6.07, 6.45) is 94.0. The second-order valence-electron chi connectivity index (χ2n) is 24.2. The average molecular weight is 1180 g/mol. The molecule has 3 atom stereocenters. The number of hydrogen-bond acceptors (Lipinski definition) is 6. The van der Waals surface area contributed by atoms with Gasteiger partial charge in [-0.25, -0.2) is 0 Å². The van der Waals surface area contributed by atoms with Gasteiger partial charge in [-0.05, 0) is 89.9 Å². The number of carbonyl (C=O) groups is 1. The maximum atomic E-state index is 13.0. The number of phosphoric acid groups is 1. The summed E-state index contributed by atoms with van der Waals surface area (Å²) < 4.78 is 23.5. The molecule has 478 valence electrons. The number of unbranched alkanes of at least 4 members (excludes halogenated alkanes) is 29. The molecule has 0 aromatic rings. The number of nitrogens with one attached hydrogen (secondary N) is 1. The summed E-state index contributed by atoms with van der Waals surface area (Å²) in [6.45, 7) is 4.62. The zero-order valence-electron chi connectivity index (χ0n) is 54.6. The van der Waals surface area contributed by atoms with Crippen LogP contribution in [0.2, 0.25) is 0 Å². The standard InChI is InChI=1S/C74H131N2O6P/c1-6-8-10-12-14-16-18-20-22-24-26-28-30-31-32-33-34-35-36-37-38-39-40-41-42-43-44-45-46-48-50-52-54-56-58-60-62-64-66-68-74(78)75-72(71-82-83(79,80)81-70-69-76(3,4)5)73(77)67-65-63-61-59-57-55-53-51-49-47-29-27-25-23-21-19-17-15-13-11-9-7-2/h8,10,14,16,20,22,26,28,31-32,34-35,37-38,40-41,43-44,46,48,72-73,77H,6-7,9,11-13,15,17-19,21,23-25,27,29-30,33,36,39,42,45,47,49-71H2,1-5H3,(H-,75,78,79,80)/b10-8-,16-14-,22-20-,28-26-,32-31-,35-34-,38-37-,41-40-,44-43-,48-46-. The van der Waals surface area contributed by atoms with E-state index in [9.17, 15) is 19.4 Å². The largest absolute Gasteiger partial charge is 0.756 e. The summed E-state index contributed by atoms with van der Waals surface area (Å²) >= 11 is 0. The van der Waals surface area contributed by atoms with Crippen LogP contribution < -0.4 is 10.2 Å². The van der Waals surface area contributed by atoms with Crippen molar-refractivity contribution in [1.82, 2.24) is 5.32 Å². The first-order valence-corrected chi connectivity index (χ1v) is 35.8. The van der Waals surface area contributed by atoms with Crippen LogP contribution in [0.25, 0.3) is 0 Å². The van der Waals surface area contributed by atoms with Crippen molar-refractivity contribution in [2.24, 2.45) is 0 Å². The van der Waals surface area contributed by atoms with Crippen LogP contribution in [0.1, 0.15) is 290 Å². The molecule has 0 aromatic heterocycles. The number of nitrogens with zero attached hydrogens (tertiary/aromatic N) is 1. The quantitative estimate of drug-likeness (QED) is 0.0272. The minimum Gasteiger partial charge on any atom is -0.756 e. The molecule has 0 spiro atoms. The van der Waals surface area contributed by atoms with Crippen LogP contribution in [0.15, 0.2) is 122 Å². The normalized spacial score (nSPS) is 14.4. The van der Waals surface area contributed by atoms with Crippen LogP contribution in [0.3, 0.4) is 0 Å². The van der Waals surface area contributed by atoms with Crippen molar-refractivity contribution in [1.29, 1.82) is 0 Å². The van der Waals surface area contributed by atoms with Gasteiger partial charge < -0.3 is 28.8 Å². The van der Waals surface area contributed by atoms with Gasteiger partial charge in [0.05, 0.1) is 39.9 Å². The molecule has 0 saturated heterocycles. The van der Waals surface area contributed by atoms with Crippen molar-refractivity contribution in [2.45, 2.75) is 302 Å². The maximum Gasteiger partial charge on any atom is 0.268 e. The fraction of sp³-hybridized carbons (Fsp3) is 0.716. The second kappa shape index (κ2) is 63.4. The molecule has 0 radical (unpaired) electrons. The van der Waals surface area contributed by atoms with Gasteiger partial charge in [0.15, 0.2) is 0 Å². The molecule has 0 heterocycles. The van der Waals surface area contributed by atoms with Crippen molar-refractivity contribution in [3.05, 3.63) is 122 Å². The van der Waals surface area contributed by atoms with Gasteiger partial charge in [0.1, 0.15) is 13.2 Å². The summed E-state index contributed by atoms with van der Waals surface area (Å²) in [5.41, 5.74) is 0. The van der Waals surface area contributed by atoms with Crippen LogP contribution in [0.5, 0.6) is 0 Å². The van der Waals surface area contributed by atoms with Gasteiger partial charge in [-0.3, -0.25) is 9.36 Å². The van der Waals surface area contributed by atoms with Crippen molar-refractivity contribution < 1.29 is 32.9 Å². The smallest absolute Gasteiger partial charge is 0.268 e. The molecule has 0 rings (SSSR count). The first kappa shape index (κ1) is 79.9. The average Bonchev–Trinajstić information content (AvgIpc) is 3.50. The Morgan fingerprint density at radius 3 is 1.07 bits per heavy atom. The molecular weight excluding hydrogens is 1040 g/mol. The van der Waals surface area contributed by atoms with Crippen molar-refractivity contribution in [3.63, 3.8) is 0 Å². The van der Waals surface area contributed by atoms with Crippen LogP contribution >= 0.6 is 7.82 Å². The number of aliphatic hydroxyl groups is 1. The Morgan fingerprint density at radius 1 is 0.434 bits per heavy atom. The lowest BCUT2D eigenvalue weighted by atomic mass is 10.0. The van der Waals surface area contributed by atoms with Crippen molar-refractivity contribution in [2.75, 3.05) is 40.9 Å². The number of quaternary nitrogens is 1. The van der Waals surface area contributed by atoms with E-state index in [2.05, 4.69) is 141 Å². The van der Waals surface area contributed by atoms with E-state index in [-0.39, 0.29) is 19.1 Å². The zero-order chi connectivity index (χ0) is 60.5. The predicted molar refractivity (Wildman–Crippen MR) is 362 cm³/mol. The fourth-order valence-corrected chi connectivity index (χ4v) is 10.4. The molecule has 9 heteroatoms. The molecule has 1 amide bonds. The van der Waals surface area contributed by atoms with E-state index in [1.165, 1.54) is 154 Å². The Labute approximate surface area is 514 Å². The van der Waals surface area contributed by atoms with Gasteiger partial charge in [-0.15, -0.1) is 0 Å². The first-order valence-electron chi connectivity index (χ1n) is 34.4. The number of allylic oxidation sites excluding steroid dienone is 20. The van der Waals surface area contributed by atoms with Gasteiger partial charge in [-0.2, -0.15) is 0 Å². The number of phosphoric ester groups is 1.